The molecule has 2 aromatic heterocycles. The molecular formula is C13H16N2O. The van der Waals surface area contributed by atoms with E-state index in [1.54, 1.807) is 18.7 Å². The molecule has 0 bridgehead atoms. The zero-order chi connectivity index (χ0) is 11.2. The number of pyridine rings is 1. The number of nitrogens with zero attached hydrogens (tertiary/aromatic N) is 1. The summed E-state index contributed by atoms with van der Waals surface area (Å²) in [5.41, 5.74) is 1.18. The number of aromatic nitrogens is 1. The van der Waals surface area contributed by atoms with Gasteiger partial charge in [0, 0.05) is 12.4 Å². The van der Waals surface area contributed by atoms with Crippen LogP contribution in [0.1, 0.15) is 30.7 Å². The van der Waals surface area contributed by atoms with Crippen LogP contribution in [-0.4, -0.2) is 11.5 Å². The summed E-state index contributed by atoms with van der Waals surface area (Å²) in [4.78, 5) is 4.03. The van der Waals surface area contributed by atoms with Gasteiger partial charge in [0.2, 0.25) is 0 Å². The molecule has 0 amide bonds. The van der Waals surface area contributed by atoms with E-state index in [9.17, 15) is 0 Å². The average Bonchev–Trinajstić information content (AvgIpc) is 2.85. The first-order valence-corrected chi connectivity index (χ1v) is 5.58. The maximum Gasteiger partial charge on any atom is 0.125 e. The van der Waals surface area contributed by atoms with Crippen LogP contribution in [0.5, 0.6) is 0 Å². The zero-order valence-corrected chi connectivity index (χ0v) is 9.39. The Morgan fingerprint density at radius 2 is 2.12 bits per heavy atom. The van der Waals surface area contributed by atoms with Crippen molar-refractivity contribution in [3.05, 3.63) is 54.2 Å². The number of nitrogens with one attached hydrogen (secondary N) is 1. The maximum absolute atomic E-state index is 5.46. The predicted molar refractivity (Wildman–Crippen MR) is 63.1 cm³/mol. The van der Waals surface area contributed by atoms with Gasteiger partial charge in [-0.05, 0) is 42.8 Å². The van der Waals surface area contributed by atoms with E-state index in [0.717, 1.165) is 18.7 Å². The highest BCUT2D eigenvalue weighted by Gasteiger charge is 2.15. The quantitative estimate of drug-likeness (QED) is 0.835. The second kappa shape index (κ2) is 5.47. The Balaban J connectivity index is 2.21. The minimum absolute atomic E-state index is 0.123. The summed E-state index contributed by atoms with van der Waals surface area (Å²) in [6.45, 7) is 3.12. The third-order valence-electron chi connectivity index (χ3n) is 2.47. The van der Waals surface area contributed by atoms with Crippen LogP contribution in [0, 0.1) is 0 Å². The molecule has 0 aliphatic carbocycles. The molecule has 2 rings (SSSR count). The average molecular weight is 216 g/mol. The van der Waals surface area contributed by atoms with Crippen molar-refractivity contribution in [1.29, 1.82) is 0 Å². The second-order valence-corrected chi connectivity index (χ2v) is 3.68. The van der Waals surface area contributed by atoms with Gasteiger partial charge in [0.1, 0.15) is 5.76 Å². The van der Waals surface area contributed by atoms with Crippen molar-refractivity contribution in [3.8, 4) is 0 Å². The molecule has 84 valence electrons. The van der Waals surface area contributed by atoms with Crippen LogP contribution in [0.25, 0.3) is 0 Å². The van der Waals surface area contributed by atoms with Crippen LogP contribution in [0.4, 0.5) is 0 Å². The van der Waals surface area contributed by atoms with Gasteiger partial charge >= 0.3 is 0 Å². The monoisotopic (exact) mass is 216 g/mol. The summed E-state index contributed by atoms with van der Waals surface area (Å²) in [5, 5.41) is 3.47. The van der Waals surface area contributed by atoms with Gasteiger partial charge in [-0.2, -0.15) is 0 Å². The van der Waals surface area contributed by atoms with Crippen LogP contribution in [0.15, 0.2) is 47.3 Å². The lowest BCUT2D eigenvalue weighted by atomic mass is 10.1. The Morgan fingerprint density at radius 3 is 2.75 bits per heavy atom. The molecule has 16 heavy (non-hydrogen) atoms. The largest absolute Gasteiger partial charge is 0.467 e. The van der Waals surface area contributed by atoms with Crippen molar-refractivity contribution in [2.45, 2.75) is 19.4 Å². The molecule has 2 aromatic rings. The van der Waals surface area contributed by atoms with Crippen molar-refractivity contribution in [3.63, 3.8) is 0 Å². The Morgan fingerprint density at radius 1 is 1.31 bits per heavy atom. The van der Waals surface area contributed by atoms with Gasteiger partial charge in [0.05, 0.1) is 12.3 Å². The minimum atomic E-state index is 0.123. The van der Waals surface area contributed by atoms with Crippen molar-refractivity contribution in [2.75, 3.05) is 6.54 Å². The van der Waals surface area contributed by atoms with E-state index < -0.39 is 0 Å². The number of furan rings is 1. The Kier molecular flexibility index (Phi) is 3.72. The van der Waals surface area contributed by atoms with Gasteiger partial charge in [-0.15, -0.1) is 0 Å². The van der Waals surface area contributed by atoms with E-state index >= 15 is 0 Å². The number of rotatable bonds is 5. The van der Waals surface area contributed by atoms with Crippen LogP contribution < -0.4 is 5.32 Å². The molecule has 0 fully saturated rings. The molecule has 0 radical (unpaired) electrons. The summed E-state index contributed by atoms with van der Waals surface area (Å²) in [7, 11) is 0. The Labute approximate surface area is 95.5 Å². The number of hydrogen-bond acceptors (Lipinski definition) is 3. The first kappa shape index (κ1) is 10.9. The molecule has 0 saturated carbocycles. The topological polar surface area (TPSA) is 38.1 Å². The van der Waals surface area contributed by atoms with Crippen molar-refractivity contribution >= 4 is 0 Å². The normalized spacial score (nSPS) is 12.6. The molecule has 0 aliphatic rings. The van der Waals surface area contributed by atoms with Gasteiger partial charge in [-0.3, -0.25) is 4.98 Å². The van der Waals surface area contributed by atoms with Crippen molar-refractivity contribution in [2.24, 2.45) is 0 Å². The fourth-order valence-corrected chi connectivity index (χ4v) is 1.68. The van der Waals surface area contributed by atoms with Crippen LogP contribution in [-0.2, 0) is 0 Å². The predicted octanol–water partition coefficient (Wildman–Crippen LogP) is 2.76. The van der Waals surface area contributed by atoms with E-state index in [2.05, 4.69) is 17.2 Å². The molecule has 1 unspecified atom stereocenters. The van der Waals surface area contributed by atoms with E-state index in [4.69, 9.17) is 4.42 Å². The van der Waals surface area contributed by atoms with Gasteiger partial charge in [0.25, 0.3) is 0 Å². The summed E-state index contributed by atoms with van der Waals surface area (Å²) in [5.74, 6) is 0.944. The summed E-state index contributed by atoms with van der Waals surface area (Å²) in [6, 6.07) is 8.05. The van der Waals surface area contributed by atoms with Crippen molar-refractivity contribution in [1.82, 2.24) is 10.3 Å². The summed E-state index contributed by atoms with van der Waals surface area (Å²) < 4.78 is 5.46. The van der Waals surface area contributed by atoms with E-state index in [1.165, 1.54) is 5.56 Å². The van der Waals surface area contributed by atoms with E-state index in [1.807, 2.05) is 24.3 Å². The highest BCUT2D eigenvalue weighted by Crippen LogP contribution is 2.21. The van der Waals surface area contributed by atoms with Gasteiger partial charge in [-0.25, -0.2) is 0 Å². The first-order chi connectivity index (χ1) is 7.92. The third kappa shape index (κ3) is 2.49. The second-order valence-electron chi connectivity index (χ2n) is 3.68. The van der Waals surface area contributed by atoms with Gasteiger partial charge < -0.3 is 9.73 Å². The van der Waals surface area contributed by atoms with E-state index in [0.29, 0.717) is 0 Å². The van der Waals surface area contributed by atoms with Gasteiger partial charge in [-0.1, -0.05) is 6.92 Å². The summed E-state index contributed by atoms with van der Waals surface area (Å²) >= 11 is 0. The van der Waals surface area contributed by atoms with Crippen LogP contribution in [0.2, 0.25) is 0 Å². The molecule has 0 aliphatic heterocycles. The highest BCUT2D eigenvalue weighted by molar-refractivity contribution is 5.24. The SMILES string of the molecule is CCCNC(c1ccncc1)c1ccco1. The standard InChI is InChI=1S/C13H16N2O/c1-2-7-15-13(12-4-3-10-16-12)11-5-8-14-9-6-11/h3-6,8-10,13,15H,2,7H2,1H3. The lowest BCUT2D eigenvalue weighted by Crippen LogP contribution is -2.22. The Hall–Kier alpha value is -1.61. The molecule has 0 spiro atoms. The van der Waals surface area contributed by atoms with Gasteiger partial charge in [0.15, 0.2) is 0 Å². The first-order valence-electron chi connectivity index (χ1n) is 5.58. The fourth-order valence-electron chi connectivity index (χ4n) is 1.68. The summed E-state index contributed by atoms with van der Waals surface area (Å²) in [6.07, 6.45) is 6.41. The molecule has 0 saturated heterocycles. The zero-order valence-electron chi connectivity index (χ0n) is 9.39. The fraction of sp³-hybridized carbons (Fsp3) is 0.308. The van der Waals surface area contributed by atoms with E-state index in [-0.39, 0.29) is 6.04 Å². The highest BCUT2D eigenvalue weighted by atomic mass is 16.3. The molecule has 0 aromatic carbocycles. The Bertz CT molecular complexity index is 397. The molecule has 3 heteroatoms. The minimum Gasteiger partial charge on any atom is -0.467 e. The molecule has 1 N–H and O–H groups in total. The maximum atomic E-state index is 5.46. The molecule has 1 atom stereocenters. The molecule has 3 nitrogen and oxygen atoms in total. The lowest BCUT2D eigenvalue weighted by Gasteiger charge is -2.16. The van der Waals surface area contributed by atoms with Crippen LogP contribution in [0.3, 0.4) is 0 Å². The smallest absolute Gasteiger partial charge is 0.125 e. The number of hydrogen-bond donors (Lipinski definition) is 1. The lowest BCUT2D eigenvalue weighted by molar-refractivity contribution is 0.446. The van der Waals surface area contributed by atoms with Crippen LogP contribution >= 0.6 is 0 Å². The third-order valence-corrected chi connectivity index (χ3v) is 2.47. The van der Waals surface area contributed by atoms with Crippen molar-refractivity contribution < 1.29 is 4.42 Å². The molecule has 2 heterocycles. The molecular weight excluding hydrogens is 200 g/mol.